The summed E-state index contributed by atoms with van der Waals surface area (Å²) in [7, 11) is 1.58. The molecule has 0 aromatic heterocycles. The van der Waals surface area contributed by atoms with Gasteiger partial charge in [0, 0.05) is 11.1 Å². The van der Waals surface area contributed by atoms with E-state index in [0.717, 1.165) is 11.1 Å². The molecule has 0 spiro atoms. The predicted octanol–water partition coefficient (Wildman–Crippen LogP) is 5.36. The van der Waals surface area contributed by atoms with Gasteiger partial charge < -0.3 is 9.47 Å². The number of hydrogen-bond donors (Lipinski definition) is 0. The molecule has 4 heteroatoms. The molecule has 0 radical (unpaired) electrons. The second-order valence-electron chi connectivity index (χ2n) is 6.94. The van der Waals surface area contributed by atoms with Crippen molar-refractivity contribution in [2.75, 3.05) is 7.11 Å². The van der Waals surface area contributed by atoms with Gasteiger partial charge in [0.05, 0.1) is 12.7 Å². The number of Topliss-reactive ketones (excluding diaryl/α,β-unsaturated/α-hetero) is 1. The van der Waals surface area contributed by atoms with Crippen LogP contribution in [-0.2, 0) is 9.53 Å². The van der Waals surface area contributed by atoms with E-state index in [-0.39, 0.29) is 5.78 Å². The Bertz CT molecular complexity index is 1050. The summed E-state index contributed by atoms with van der Waals surface area (Å²) in [5.74, 6) is -0.171. The number of rotatable bonds is 7. The number of ether oxygens (including phenoxy) is 2. The number of carbonyl (C=O) groups excluding carboxylic acids is 2. The number of para-hydroxylation sites is 1. The van der Waals surface area contributed by atoms with Crippen molar-refractivity contribution in [2.24, 2.45) is 0 Å². The van der Waals surface area contributed by atoms with Crippen molar-refractivity contribution in [1.29, 1.82) is 0 Å². The van der Waals surface area contributed by atoms with E-state index in [2.05, 4.69) is 0 Å². The normalized spacial score (nSPS) is 12.2. The zero-order valence-corrected chi connectivity index (χ0v) is 17.3. The average Bonchev–Trinajstić information content (AvgIpc) is 2.78. The minimum Gasteiger partial charge on any atom is -0.496 e. The Balaban J connectivity index is 1.90. The molecule has 0 N–H and O–H groups in total. The van der Waals surface area contributed by atoms with Gasteiger partial charge in [0.2, 0.25) is 5.78 Å². The topological polar surface area (TPSA) is 52.6 Å². The third-order valence-corrected chi connectivity index (χ3v) is 4.73. The molecule has 0 fully saturated rings. The lowest BCUT2D eigenvalue weighted by atomic mass is 10.0. The van der Waals surface area contributed by atoms with Gasteiger partial charge in [-0.15, -0.1) is 0 Å². The third-order valence-electron chi connectivity index (χ3n) is 4.73. The largest absolute Gasteiger partial charge is 0.496 e. The molecule has 30 heavy (non-hydrogen) atoms. The van der Waals surface area contributed by atoms with Crippen LogP contribution in [0.3, 0.4) is 0 Å². The molecule has 3 rings (SSSR count). The molecule has 0 unspecified atom stereocenters. The van der Waals surface area contributed by atoms with Crippen molar-refractivity contribution >= 4 is 23.4 Å². The highest BCUT2D eigenvalue weighted by atomic mass is 16.5. The fraction of sp³-hybridized carbons (Fsp3) is 0.154. The Morgan fingerprint density at radius 1 is 0.833 bits per heavy atom. The number of benzene rings is 3. The van der Waals surface area contributed by atoms with Crippen LogP contribution in [-0.4, -0.2) is 25.0 Å². The Labute approximate surface area is 176 Å². The van der Waals surface area contributed by atoms with E-state index in [9.17, 15) is 9.59 Å². The average molecular weight is 400 g/mol. The van der Waals surface area contributed by atoms with Crippen LogP contribution in [0.5, 0.6) is 5.75 Å². The first-order valence-electron chi connectivity index (χ1n) is 9.71. The van der Waals surface area contributed by atoms with Crippen LogP contribution in [0.1, 0.15) is 34.0 Å². The van der Waals surface area contributed by atoms with E-state index in [1.807, 2.05) is 73.7 Å². The summed E-state index contributed by atoms with van der Waals surface area (Å²) in [5, 5.41) is 0. The fourth-order valence-electron chi connectivity index (χ4n) is 3.05. The monoisotopic (exact) mass is 400 g/mol. The third kappa shape index (κ3) is 5.03. The molecule has 0 saturated carbocycles. The molecular weight excluding hydrogens is 376 g/mol. The van der Waals surface area contributed by atoms with Crippen molar-refractivity contribution < 1.29 is 19.1 Å². The Morgan fingerprint density at radius 3 is 2.13 bits per heavy atom. The van der Waals surface area contributed by atoms with Crippen molar-refractivity contribution in [1.82, 2.24) is 0 Å². The molecule has 0 aliphatic rings. The second-order valence-corrected chi connectivity index (χ2v) is 6.94. The van der Waals surface area contributed by atoms with Gasteiger partial charge in [-0.1, -0.05) is 78.4 Å². The van der Waals surface area contributed by atoms with Crippen LogP contribution in [0.4, 0.5) is 0 Å². The molecule has 0 heterocycles. The van der Waals surface area contributed by atoms with Gasteiger partial charge in [-0.3, -0.25) is 4.79 Å². The van der Waals surface area contributed by atoms with Crippen molar-refractivity contribution in [3.8, 4) is 5.75 Å². The smallest absolute Gasteiger partial charge is 0.339 e. The van der Waals surface area contributed by atoms with E-state index < -0.39 is 12.1 Å². The van der Waals surface area contributed by atoms with Crippen molar-refractivity contribution in [2.45, 2.75) is 20.0 Å². The Hall–Kier alpha value is -3.66. The Kier molecular flexibility index (Phi) is 6.81. The van der Waals surface area contributed by atoms with Crippen LogP contribution >= 0.6 is 0 Å². The quantitative estimate of drug-likeness (QED) is 0.232. The SMILES string of the molecule is COc1ccccc1/C=C(/C(=O)O[C@@H](C)C(=O)c1ccc(C)cc1)c1ccccc1. The second kappa shape index (κ2) is 9.70. The van der Waals surface area contributed by atoms with E-state index in [4.69, 9.17) is 9.47 Å². The standard InChI is InChI=1S/C26H24O4/c1-18-13-15-21(16-14-18)25(27)19(2)30-26(28)23(20-9-5-4-6-10-20)17-22-11-7-8-12-24(22)29-3/h4-17,19H,1-3H3/b23-17+/t19-/m0/s1. The molecule has 0 aliphatic carbocycles. The van der Waals surface area contributed by atoms with Gasteiger partial charge in [0.15, 0.2) is 6.10 Å². The summed E-state index contributed by atoms with van der Waals surface area (Å²) >= 11 is 0. The van der Waals surface area contributed by atoms with Crippen LogP contribution in [0.25, 0.3) is 11.6 Å². The van der Waals surface area contributed by atoms with Gasteiger partial charge in [0.1, 0.15) is 5.75 Å². The lowest BCUT2D eigenvalue weighted by Crippen LogP contribution is -2.25. The summed E-state index contributed by atoms with van der Waals surface area (Å²) in [5.41, 5.74) is 3.36. The first kappa shape index (κ1) is 21.1. The highest BCUT2D eigenvalue weighted by molar-refractivity contribution is 6.22. The summed E-state index contributed by atoms with van der Waals surface area (Å²) in [6.45, 7) is 3.54. The summed E-state index contributed by atoms with van der Waals surface area (Å²) in [6, 6.07) is 23.8. The minimum absolute atomic E-state index is 0.243. The molecule has 0 bridgehead atoms. The first-order valence-corrected chi connectivity index (χ1v) is 9.71. The maximum absolute atomic E-state index is 13.1. The number of aryl methyl sites for hydroxylation is 1. The lowest BCUT2D eigenvalue weighted by Gasteiger charge is -2.15. The number of ketones is 1. The van der Waals surface area contributed by atoms with Crippen molar-refractivity contribution in [3.05, 3.63) is 101 Å². The van der Waals surface area contributed by atoms with Crippen LogP contribution < -0.4 is 4.74 Å². The molecular formula is C26H24O4. The summed E-state index contributed by atoms with van der Waals surface area (Å²) in [6.07, 6.45) is 0.810. The number of carbonyl (C=O) groups is 2. The van der Waals surface area contributed by atoms with E-state index in [1.165, 1.54) is 0 Å². The number of esters is 1. The molecule has 0 amide bonds. The molecule has 3 aromatic rings. The highest BCUT2D eigenvalue weighted by Gasteiger charge is 2.23. The van der Waals surface area contributed by atoms with E-state index >= 15 is 0 Å². The summed E-state index contributed by atoms with van der Waals surface area (Å²) < 4.78 is 11.0. The first-order chi connectivity index (χ1) is 14.5. The van der Waals surface area contributed by atoms with Gasteiger partial charge in [-0.2, -0.15) is 0 Å². The van der Waals surface area contributed by atoms with Gasteiger partial charge in [-0.05, 0) is 31.6 Å². The maximum Gasteiger partial charge on any atom is 0.339 e. The van der Waals surface area contributed by atoms with Gasteiger partial charge in [0.25, 0.3) is 0 Å². The van der Waals surface area contributed by atoms with Crippen molar-refractivity contribution in [3.63, 3.8) is 0 Å². The summed E-state index contributed by atoms with van der Waals surface area (Å²) in [4.78, 5) is 25.8. The number of hydrogen-bond acceptors (Lipinski definition) is 4. The van der Waals surface area contributed by atoms with Crippen LogP contribution in [0, 0.1) is 6.92 Å². The molecule has 4 nitrogen and oxygen atoms in total. The molecule has 152 valence electrons. The minimum atomic E-state index is -0.912. The van der Waals surface area contributed by atoms with E-state index in [0.29, 0.717) is 22.4 Å². The molecule has 1 atom stereocenters. The fourth-order valence-corrected chi connectivity index (χ4v) is 3.05. The van der Waals surface area contributed by atoms with Gasteiger partial charge in [-0.25, -0.2) is 4.79 Å². The molecule has 0 saturated heterocycles. The van der Waals surface area contributed by atoms with Gasteiger partial charge >= 0.3 is 5.97 Å². The van der Waals surface area contributed by atoms with Crippen LogP contribution in [0.2, 0.25) is 0 Å². The molecule has 0 aliphatic heterocycles. The zero-order chi connectivity index (χ0) is 21.5. The maximum atomic E-state index is 13.1. The highest BCUT2D eigenvalue weighted by Crippen LogP contribution is 2.26. The number of methoxy groups -OCH3 is 1. The zero-order valence-electron chi connectivity index (χ0n) is 17.3. The van der Waals surface area contributed by atoms with Crippen LogP contribution in [0.15, 0.2) is 78.9 Å². The predicted molar refractivity (Wildman–Crippen MR) is 118 cm³/mol. The van der Waals surface area contributed by atoms with E-state index in [1.54, 1.807) is 32.2 Å². The molecule has 3 aromatic carbocycles. The lowest BCUT2D eigenvalue weighted by molar-refractivity contribution is -0.139. The Morgan fingerprint density at radius 2 is 1.47 bits per heavy atom.